The zero-order valence-electron chi connectivity index (χ0n) is 18.9. The van der Waals surface area contributed by atoms with Gasteiger partial charge in [-0.15, -0.1) is 4.72 Å². The van der Waals surface area contributed by atoms with Crippen molar-refractivity contribution >= 4 is 32.9 Å². The Morgan fingerprint density at radius 3 is 2.58 bits per heavy atom. The Hall–Kier alpha value is -2.67. The Bertz CT molecular complexity index is 1470. The topological polar surface area (TPSA) is 115 Å². The number of hydrogen-bond donors (Lipinski definition) is 1. The molecule has 1 atom stereocenters. The number of nitrogens with one attached hydrogen (secondary N) is 1. The highest BCUT2D eigenvalue weighted by molar-refractivity contribution is 7.91. The van der Waals surface area contributed by atoms with E-state index in [0.29, 0.717) is 14.4 Å². The van der Waals surface area contributed by atoms with Crippen LogP contribution in [-0.2, 0) is 38.5 Å². The normalized spacial score (nSPS) is 15.9. The second-order valence-corrected chi connectivity index (χ2v) is 11.4. The molecule has 0 saturated heterocycles. The zero-order valence-corrected chi connectivity index (χ0v) is 20.5. The van der Waals surface area contributed by atoms with Crippen LogP contribution < -0.4 is 16.0 Å². The Balaban J connectivity index is 1.65. The van der Waals surface area contributed by atoms with Crippen molar-refractivity contribution in [1.82, 2.24) is 33.4 Å². The molecule has 4 aromatic rings. The summed E-state index contributed by atoms with van der Waals surface area (Å²) in [5.74, 6) is 0. The summed E-state index contributed by atoms with van der Waals surface area (Å²) in [5, 5.41) is 8.90. The van der Waals surface area contributed by atoms with Gasteiger partial charge in [-0.1, -0.05) is 11.3 Å². The zero-order chi connectivity index (χ0) is 23.5. The van der Waals surface area contributed by atoms with Crippen molar-refractivity contribution in [2.24, 2.45) is 14.1 Å². The van der Waals surface area contributed by atoms with Gasteiger partial charge in [0.2, 0.25) is 4.21 Å². The number of hydrogen-bond acceptors (Lipinski definition) is 7. The summed E-state index contributed by atoms with van der Waals surface area (Å²) in [6.45, 7) is 4.27. The smallest absolute Gasteiger partial charge is 0.332 e. The lowest BCUT2D eigenvalue weighted by Gasteiger charge is -2.13. The fourth-order valence-corrected chi connectivity index (χ4v) is 6.34. The molecule has 4 heterocycles. The molecule has 1 saturated carbocycles. The standard InChI is InChI=1S/C21H25N7O3S2/c1-13-7-15(26(4)23-13)12-28-19-16(8-17(32-19)33(31)24-21(2)5-6-21)18(29)27(20(28)30)11-14-9-22-25(3)10-14/h7-10,24H,5-6,11-12H2,1-4H3. The maximum atomic E-state index is 13.5. The molecule has 4 aromatic heterocycles. The molecule has 174 valence electrons. The quantitative estimate of drug-likeness (QED) is 0.393. The first-order valence-electron chi connectivity index (χ1n) is 10.6. The van der Waals surface area contributed by atoms with Gasteiger partial charge in [-0.25, -0.2) is 4.79 Å². The lowest BCUT2D eigenvalue weighted by Crippen LogP contribution is -2.40. The molecule has 0 aromatic carbocycles. The van der Waals surface area contributed by atoms with Crippen LogP contribution in [0, 0.1) is 6.92 Å². The number of aromatic nitrogens is 6. The van der Waals surface area contributed by atoms with E-state index in [-0.39, 0.29) is 18.6 Å². The molecule has 10 nitrogen and oxygen atoms in total. The van der Waals surface area contributed by atoms with Crippen LogP contribution >= 0.6 is 11.3 Å². The van der Waals surface area contributed by atoms with Gasteiger partial charge in [-0.05, 0) is 32.8 Å². The van der Waals surface area contributed by atoms with Crippen LogP contribution in [0.1, 0.15) is 36.7 Å². The molecule has 0 radical (unpaired) electrons. The van der Waals surface area contributed by atoms with E-state index in [4.69, 9.17) is 0 Å². The Kier molecular flexibility index (Phi) is 5.35. The van der Waals surface area contributed by atoms with Crippen molar-refractivity contribution in [2.75, 3.05) is 0 Å². The highest BCUT2D eigenvalue weighted by atomic mass is 32.2. The van der Waals surface area contributed by atoms with E-state index in [2.05, 4.69) is 14.9 Å². The Labute approximate surface area is 196 Å². The fourth-order valence-electron chi connectivity index (χ4n) is 3.82. The molecule has 1 fully saturated rings. The number of thiophene rings is 1. The van der Waals surface area contributed by atoms with Gasteiger partial charge in [-0.3, -0.25) is 23.3 Å². The Morgan fingerprint density at radius 1 is 1.21 bits per heavy atom. The van der Waals surface area contributed by atoms with Crippen LogP contribution in [0.15, 0.2) is 38.3 Å². The summed E-state index contributed by atoms with van der Waals surface area (Å²) in [6, 6.07) is 3.57. The molecular formula is C21H25N7O3S2. The van der Waals surface area contributed by atoms with Gasteiger partial charge in [0.25, 0.3) is 5.56 Å². The minimum atomic E-state index is -1.46. The predicted octanol–water partition coefficient (Wildman–Crippen LogP) is 1.26. The van der Waals surface area contributed by atoms with E-state index in [0.717, 1.165) is 29.8 Å². The summed E-state index contributed by atoms with van der Waals surface area (Å²) >= 11 is -0.239. The monoisotopic (exact) mass is 487 g/mol. The number of aryl methyl sites for hydroxylation is 3. The molecule has 1 N–H and O–H groups in total. The van der Waals surface area contributed by atoms with Crippen molar-refractivity contribution in [2.45, 2.75) is 49.5 Å². The maximum Gasteiger partial charge on any atom is 0.332 e. The molecule has 0 aliphatic heterocycles. The second-order valence-electron chi connectivity index (χ2n) is 8.90. The molecule has 1 unspecified atom stereocenters. The molecule has 12 heteroatoms. The summed E-state index contributed by atoms with van der Waals surface area (Å²) in [5.41, 5.74) is 1.48. The predicted molar refractivity (Wildman–Crippen MR) is 127 cm³/mol. The van der Waals surface area contributed by atoms with E-state index in [1.165, 1.54) is 15.9 Å². The first kappa shape index (κ1) is 22.1. The fraction of sp³-hybridized carbons (Fsp3) is 0.429. The third kappa shape index (κ3) is 4.19. The first-order valence-corrected chi connectivity index (χ1v) is 12.5. The van der Waals surface area contributed by atoms with Crippen molar-refractivity contribution < 1.29 is 4.55 Å². The van der Waals surface area contributed by atoms with Crippen LogP contribution in [0.3, 0.4) is 0 Å². The lowest BCUT2D eigenvalue weighted by molar-refractivity contribution is 0.559. The third-order valence-corrected chi connectivity index (χ3v) is 8.73. The van der Waals surface area contributed by atoms with Gasteiger partial charge >= 0.3 is 5.69 Å². The summed E-state index contributed by atoms with van der Waals surface area (Å²) in [6.07, 6.45) is 5.34. The van der Waals surface area contributed by atoms with E-state index < -0.39 is 22.6 Å². The third-order valence-electron chi connectivity index (χ3n) is 5.91. The van der Waals surface area contributed by atoms with Crippen LogP contribution in [0.5, 0.6) is 0 Å². The van der Waals surface area contributed by atoms with Crippen LogP contribution in [0.4, 0.5) is 0 Å². The van der Waals surface area contributed by atoms with Crippen LogP contribution in [-0.4, -0.2) is 38.8 Å². The summed E-state index contributed by atoms with van der Waals surface area (Å²) in [7, 11) is 3.61. The molecular weight excluding hydrogens is 462 g/mol. The summed E-state index contributed by atoms with van der Waals surface area (Å²) in [4.78, 5) is 27.4. The summed E-state index contributed by atoms with van der Waals surface area (Å²) < 4.78 is 22.8. The molecule has 1 aliphatic carbocycles. The first-order chi connectivity index (χ1) is 15.6. The molecule has 33 heavy (non-hydrogen) atoms. The van der Waals surface area contributed by atoms with Gasteiger partial charge in [0.1, 0.15) is 4.83 Å². The van der Waals surface area contributed by atoms with Crippen LogP contribution in [0.25, 0.3) is 10.2 Å². The van der Waals surface area contributed by atoms with Gasteiger partial charge < -0.3 is 4.55 Å². The maximum absolute atomic E-state index is 13.5. The number of nitrogens with zero attached hydrogens (tertiary/aromatic N) is 6. The average molecular weight is 488 g/mol. The van der Waals surface area contributed by atoms with Gasteiger partial charge in [-0.2, -0.15) is 10.2 Å². The van der Waals surface area contributed by atoms with Crippen molar-refractivity contribution in [3.8, 4) is 0 Å². The van der Waals surface area contributed by atoms with Crippen LogP contribution in [0.2, 0.25) is 0 Å². The van der Waals surface area contributed by atoms with E-state index in [1.807, 2.05) is 27.0 Å². The van der Waals surface area contributed by atoms with E-state index in [1.54, 1.807) is 39.4 Å². The van der Waals surface area contributed by atoms with Crippen molar-refractivity contribution in [1.29, 1.82) is 0 Å². The van der Waals surface area contributed by atoms with E-state index in [9.17, 15) is 14.1 Å². The molecule has 0 amide bonds. The minimum absolute atomic E-state index is 0.108. The minimum Gasteiger partial charge on any atom is -0.592 e. The SMILES string of the molecule is Cc1cc(Cn2c(=O)n(Cc3cnn(C)c3)c(=O)c3cc([S+]([O-])NC4(C)CC4)sc32)n(C)n1. The average Bonchev–Trinajstić information content (AvgIpc) is 3.10. The van der Waals surface area contributed by atoms with Gasteiger partial charge in [0.15, 0.2) is 0 Å². The molecule has 0 bridgehead atoms. The molecule has 0 spiro atoms. The Morgan fingerprint density at radius 2 is 1.97 bits per heavy atom. The van der Waals surface area contributed by atoms with Crippen molar-refractivity contribution in [3.05, 3.63) is 62.3 Å². The van der Waals surface area contributed by atoms with Gasteiger partial charge in [0, 0.05) is 31.9 Å². The molecule has 1 aliphatic rings. The number of rotatable bonds is 7. The highest BCUT2D eigenvalue weighted by Gasteiger charge is 2.42. The number of fused-ring (bicyclic) bond motifs is 1. The molecule has 5 rings (SSSR count). The van der Waals surface area contributed by atoms with Crippen molar-refractivity contribution in [3.63, 3.8) is 0 Å². The van der Waals surface area contributed by atoms with E-state index >= 15 is 0 Å². The largest absolute Gasteiger partial charge is 0.592 e. The highest BCUT2D eigenvalue weighted by Crippen LogP contribution is 2.37. The second kappa shape index (κ2) is 7.97. The lowest BCUT2D eigenvalue weighted by atomic mass is 10.3. The van der Waals surface area contributed by atoms with Gasteiger partial charge in [0.05, 0.1) is 53.0 Å².